The molecule has 1 unspecified atom stereocenters. The fourth-order valence-electron chi connectivity index (χ4n) is 1.48. The molecular formula is C11H22N2O3. The van der Waals surface area contributed by atoms with Gasteiger partial charge >= 0.3 is 12.0 Å². The molecule has 0 saturated carbocycles. The number of hydrogen-bond donors (Lipinski definition) is 1. The maximum Gasteiger partial charge on any atom is 0.319 e. The van der Waals surface area contributed by atoms with E-state index in [0.29, 0.717) is 12.5 Å². The Morgan fingerprint density at radius 3 is 1.88 bits per heavy atom. The summed E-state index contributed by atoms with van der Waals surface area (Å²) in [6, 6.07) is -0.137. The average Bonchev–Trinajstić information content (AvgIpc) is 2.14. The summed E-state index contributed by atoms with van der Waals surface area (Å²) in [5, 5.41) is 8.75. The van der Waals surface area contributed by atoms with Crippen molar-refractivity contribution in [3.05, 3.63) is 0 Å². The second kappa shape index (κ2) is 6.35. The number of aliphatic carboxylic acids is 1. The zero-order valence-electron chi connectivity index (χ0n) is 10.7. The molecule has 0 spiro atoms. The second-order valence-corrected chi connectivity index (χ2v) is 4.68. The van der Waals surface area contributed by atoms with E-state index >= 15 is 0 Å². The van der Waals surface area contributed by atoms with Gasteiger partial charge in [-0.3, -0.25) is 4.79 Å². The van der Waals surface area contributed by atoms with Crippen LogP contribution in [-0.4, -0.2) is 54.1 Å². The Kier molecular flexibility index (Phi) is 5.85. The molecule has 94 valence electrons. The number of nitrogens with zero attached hydrogens (tertiary/aromatic N) is 2. The minimum absolute atomic E-state index is 0.137. The molecule has 5 heteroatoms. The van der Waals surface area contributed by atoms with Gasteiger partial charge in [0.05, 0.1) is 5.92 Å². The summed E-state index contributed by atoms with van der Waals surface area (Å²) in [7, 11) is 3.35. The molecule has 0 aliphatic heterocycles. The fourth-order valence-corrected chi connectivity index (χ4v) is 1.48. The van der Waals surface area contributed by atoms with Crippen LogP contribution in [0.4, 0.5) is 4.79 Å². The monoisotopic (exact) mass is 230 g/mol. The van der Waals surface area contributed by atoms with Gasteiger partial charge in [-0.25, -0.2) is 4.79 Å². The van der Waals surface area contributed by atoms with Crippen molar-refractivity contribution < 1.29 is 14.7 Å². The van der Waals surface area contributed by atoms with Gasteiger partial charge in [-0.1, -0.05) is 20.8 Å². The summed E-state index contributed by atoms with van der Waals surface area (Å²) in [5.41, 5.74) is 0. The Bertz CT molecular complexity index is 254. The van der Waals surface area contributed by atoms with Crippen LogP contribution in [0.3, 0.4) is 0 Å². The van der Waals surface area contributed by atoms with Gasteiger partial charge in [-0.2, -0.15) is 0 Å². The average molecular weight is 230 g/mol. The highest BCUT2D eigenvalue weighted by Gasteiger charge is 2.20. The number of urea groups is 1. The first-order valence-corrected chi connectivity index (χ1v) is 5.44. The van der Waals surface area contributed by atoms with Gasteiger partial charge in [-0.05, 0) is 5.92 Å². The molecule has 1 atom stereocenters. The van der Waals surface area contributed by atoms with E-state index in [0.717, 1.165) is 0 Å². The summed E-state index contributed by atoms with van der Waals surface area (Å²) >= 11 is 0. The van der Waals surface area contributed by atoms with Crippen LogP contribution >= 0.6 is 0 Å². The van der Waals surface area contributed by atoms with Crippen LogP contribution in [0.5, 0.6) is 0 Å². The van der Waals surface area contributed by atoms with E-state index in [2.05, 4.69) is 0 Å². The topological polar surface area (TPSA) is 60.9 Å². The Balaban J connectivity index is 4.22. The van der Waals surface area contributed by atoms with E-state index in [-0.39, 0.29) is 12.6 Å². The lowest BCUT2D eigenvalue weighted by Crippen LogP contribution is -2.43. The van der Waals surface area contributed by atoms with E-state index in [1.165, 1.54) is 4.90 Å². The van der Waals surface area contributed by atoms with Crippen molar-refractivity contribution in [1.82, 2.24) is 9.80 Å². The first-order valence-electron chi connectivity index (χ1n) is 5.44. The quantitative estimate of drug-likeness (QED) is 0.775. The molecule has 16 heavy (non-hydrogen) atoms. The third-order valence-electron chi connectivity index (χ3n) is 2.26. The molecule has 0 heterocycles. The third kappa shape index (κ3) is 5.00. The number of amides is 2. The van der Waals surface area contributed by atoms with Crippen molar-refractivity contribution >= 4 is 12.0 Å². The number of hydrogen-bond acceptors (Lipinski definition) is 2. The van der Waals surface area contributed by atoms with Crippen LogP contribution in [0.15, 0.2) is 0 Å². The summed E-state index contributed by atoms with van der Waals surface area (Å²) in [4.78, 5) is 25.5. The molecule has 2 amide bonds. The maximum absolute atomic E-state index is 11.8. The van der Waals surface area contributed by atoms with Crippen LogP contribution in [0.25, 0.3) is 0 Å². The van der Waals surface area contributed by atoms with Gasteiger partial charge in [0.15, 0.2) is 0 Å². The van der Waals surface area contributed by atoms with Crippen molar-refractivity contribution in [2.45, 2.75) is 20.8 Å². The van der Waals surface area contributed by atoms with Crippen molar-refractivity contribution in [2.24, 2.45) is 11.8 Å². The van der Waals surface area contributed by atoms with Gasteiger partial charge in [-0.15, -0.1) is 0 Å². The normalized spacial score (nSPS) is 12.4. The van der Waals surface area contributed by atoms with Gasteiger partial charge in [0, 0.05) is 27.2 Å². The molecular weight excluding hydrogens is 208 g/mol. The van der Waals surface area contributed by atoms with Gasteiger partial charge in [0.1, 0.15) is 0 Å². The summed E-state index contributed by atoms with van der Waals surface area (Å²) in [6.45, 7) is 6.56. The first-order chi connectivity index (χ1) is 7.25. The van der Waals surface area contributed by atoms with Crippen LogP contribution in [0.2, 0.25) is 0 Å². The van der Waals surface area contributed by atoms with Gasteiger partial charge in [0.2, 0.25) is 0 Å². The Morgan fingerprint density at radius 2 is 1.50 bits per heavy atom. The number of carbonyl (C=O) groups is 2. The molecule has 5 nitrogen and oxygen atoms in total. The first kappa shape index (κ1) is 14.7. The van der Waals surface area contributed by atoms with Crippen LogP contribution in [0, 0.1) is 11.8 Å². The zero-order valence-corrected chi connectivity index (χ0v) is 10.7. The molecule has 0 rings (SSSR count). The Morgan fingerprint density at radius 1 is 1.06 bits per heavy atom. The predicted molar refractivity (Wildman–Crippen MR) is 62.3 cm³/mol. The van der Waals surface area contributed by atoms with E-state index < -0.39 is 11.9 Å². The smallest absolute Gasteiger partial charge is 0.319 e. The van der Waals surface area contributed by atoms with E-state index in [1.807, 2.05) is 13.8 Å². The van der Waals surface area contributed by atoms with Crippen LogP contribution in [-0.2, 0) is 4.79 Å². The Hall–Kier alpha value is -1.26. The molecule has 0 bridgehead atoms. The summed E-state index contributed by atoms with van der Waals surface area (Å²) in [6.07, 6.45) is 0. The number of carboxylic acid groups (broad SMARTS) is 1. The largest absolute Gasteiger partial charge is 0.481 e. The molecule has 0 fully saturated rings. The maximum atomic E-state index is 11.8. The summed E-state index contributed by atoms with van der Waals surface area (Å²) in [5.74, 6) is -1.02. The van der Waals surface area contributed by atoms with Crippen LogP contribution in [0.1, 0.15) is 20.8 Å². The molecule has 0 radical (unpaired) electrons. The van der Waals surface area contributed by atoms with Crippen molar-refractivity contribution in [2.75, 3.05) is 27.2 Å². The molecule has 0 aromatic heterocycles. The molecule has 0 aliphatic rings. The van der Waals surface area contributed by atoms with Crippen molar-refractivity contribution in [3.8, 4) is 0 Å². The van der Waals surface area contributed by atoms with E-state index in [4.69, 9.17) is 5.11 Å². The van der Waals surface area contributed by atoms with Crippen molar-refractivity contribution in [1.29, 1.82) is 0 Å². The SMILES string of the molecule is CC(C)CN(C)C(=O)N(C)CC(C)C(=O)O. The highest BCUT2D eigenvalue weighted by atomic mass is 16.4. The standard InChI is InChI=1S/C11H22N2O3/c1-8(2)6-12(4)11(16)13(5)7-9(3)10(14)15/h8-9H,6-7H2,1-5H3,(H,14,15). The molecule has 1 N–H and O–H groups in total. The highest BCUT2D eigenvalue weighted by molar-refractivity contribution is 5.75. The molecule has 0 aliphatic carbocycles. The van der Waals surface area contributed by atoms with Crippen LogP contribution < -0.4 is 0 Å². The fraction of sp³-hybridized carbons (Fsp3) is 0.818. The lowest BCUT2D eigenvalue weighted by Gasteiger charge is -2.27. The van der Waals surface area contributed by atoms with Gasteiger partial charge < -0.3 is 14.9 Å². The lowest BCUT2D eigenvalue weighted by molar-refractivity contribution is -0.141. The lowest BCUT2D eigenvalue weighted by atomic mass is 10.2. The predicted octanol–water partition coefficient (Wildman–Crippen LogP) is 1.35. The number of rotatable bonds is 5. The molecule has 0 saturated heterocycles. The second-order valence-electron chi connectivity index (χ2n) is 4.68. The van der Waals surface area contributed by atoms with E-state index in [9.17, 15) is 9.59 Å². The summed E-state index contributed by atoms with van der Waals surface area (Å²) < 4.78 is 0. The highest BCUT2D eigenvalue weighted by Crippen LogP contribution is 2.03. The van der Waals surface area contributed by atoms with E-state index in [1.54, 1.807) is 25.9 Å². The minimum atomic E-state index is -0.883. The minimum Gasteiger partial charge on any atom is -0.481 e. The van der Waals surface area contributed by atoms with Gasteiger partial charge in [0.25, 0.3) is 0 Å². The molecule has 0 aromatic rings. The Labute approximate surface area is 97.0 Å². The number of carboxylic acids is 1. The zero-order chi connectivity index (χ0) is 12.9. The van der Waals surface area contributed by atoms with Crippen molar-refractivity contribution in [3.63, 3.8) is 0 Å². The third-order valence-corrected chi connectivity index (χ3v) is 2.26. The number of carbonyl (C=O) groups excluding carboxylic acids is 1. The molecule has 0 aromatic carbocycles.